The van der Waals surface area contributed by atoms with Crippen LogP contribution in [0.5, 0.6) is 0 Å². The van der Waals surface area contributed by atoms with Crippen LogP contribution in [0, 0.1) is 5.21 Å². The Hall–Kier alpha value is -0.940. The second kappa shape index (κ2) is 4.53. The molecule has 1 atom stereocenters. The third kappa shape index (κ3) is 2.07. The van der Waals surface area contributed by atoms with E-state index in [0.29, 0.717) is 13.2 Å². The van der Waals surface area contributed by atoms with Crippen LogP contribution in [0.1, 0.15) is 39.2 Å². The molecule has 0 N–H and O–H groups in total. The fourth-order valence-electron chi connectivity index (χ4n) is 3.22. The number of hydroxylamine groups is 2. The Kier molecular flexibility index (Phi) is 3.18. The largest absolute Gasteiger partial charge is 0.784 e. The zero-order valence-electron chi connectivity index (χ0n) is 12.4. The van der Waals surface area contributed by atoms with Crippen molar-refractivity contribution in [1.29, 1.82) is 0 Å². The summed E-state index contributed by atoms with van der Waals surface area (Å²) < 4.78 is 11.5. The van der Waals surface area contributed by atoms with Gasteiger partial charge < -0.3 is 19.7 Å². The average Bonchev–Trinajstić information content (AvgIpc) is 2.70. The van der Waals surface area contributed by atoms with E-state index in [0.717, 1.165) is 18.4 Å². The molecule has 2 fully saturated rings. The molecule has 2 aliphatic heterocycles. The molecule has 2 heterocycles. The number of hydrogen-bond acceptors (Lipinski definition) is 4. The van der Waals surface area contributed by atoms with Gasteiger partial charge in [-0.05, 0) is 39.2 Å². The van der Waals surface area contributed by atoms with E-state index in [9.17, 15) is 5.21 Å². The highest BCUT2D eigenvalue weighted by atomic mass is 16.7. The fourth-order valence-corrected chi connectivity index (χ4v) is 3.22. The van der Waals surface area contributed by atoms with Gasteiger partial charge in [0.05, 0.1) is 18.8 Å². The molecule has 0 amide bonds. The van der Waals surface area contributed by atoms with Gasteiger partial charge in [-0.3, -0.25) is 0 Å². The van der Waals surface area contributed by atoms with Crippen molar-refractivity contribution in [2.24, 2.45) is 0 Å². The molecule has 3 rings (SSSR count). The molecule has 1 unspecified atom stereocenters. The van der Waals surface area contributed by atoms with E-state index in [1.165, 1.54) is 5.06 Å². The number of hydrogen-bond donors (Lipinski definition) is 0. The Balaban J connectivity index is 1.86. The minimum atomic E-state index is -0.585. The second-order valence-electron chi connectivity index (χ2n) is 6.64. The number of nitrogens with zero attached hydrogens (tertiary/aromatic N) is 1. The molecule has 0 bridgehead atoms. The van der Waals surface area contributed by atoms with Crippen LogP contribution in [0.2, 0.25) is 0 Å². The van der Waals surface area contributed by atoms with Crippen LogP contribution in [-0.4, -0.2) is 29.6 Å². The lowest BCUT2D eigenvalue weighted by atomic mass is 9.90. The van der Waals surface area contributed by atoms with Gasteiger partial charge in [-0.15, -0.1) is 0 Å². The Labute approximate surface area is 120 Å². The molecule has 1 spiro atoms. The Morgan fingerprint density at radius 3 is 2.20 bits per heavy atom. The quantitative estimate of drug-likeness (QED) is 0.791. The molecule has 0 aliphatic carbocycles. The van der Waals surface area contributed by atoms with Crippen LogP contribution in [0.3, 0.4) is 0 Å². The van der Waals surface area contributed by atoms with Gasteiger partial charge in [0.15, 0.2) is 5.79 Å². The van der Waals surface area contributed by atoms with Gasteiger partial charge >= 0.3 is 0 Å². The van der Waals surface area contributed by atoms with Gasteiger partial charge in [-0.2, -0.15) is 0 Å². The minimum absolute atomic E-state index is 0.436. The van der Waals surface area contributed by atoms with Crippen LogP contribution in [-0.2, 0) is 15.0 Å². The van der Waals surface area contributed by atoms with Gasteiger partial charge in [-0.1, -0.05) is 30.3 Å². The molecule has 20 heavy (non-hydrogen) atoms. The van der Waals surface area contributed by atoms with Crippen molar-refractivity contribution < 1.29 is 9.47 Å². The Morgan fingerprint density at radius 2 is 1.60 bits per heavy atom. The molecule has 0 radical (unpaired) electrons. The summed E-state index contributed by atoms with van der Waals surface area (Å²) in [7, 11) is 0. The zero-order valence-corrected chi connectivity index (χ0v) is 12.4. The highest BCUT2D eigenvalue weighted by Crippen LogP contribution is 2.48. The van der Waals surface area contributed by atoms with E-state index in [1.807, 2.05) is 51.1 Å². The first-order chi connectivity index (χ1) is 9.38. The van der Waals surface area contributed by atoms with Crippen LogP contribution in [0.4, 0.5) is 0 Å². The number of rotatable bonds is 1. The second-order valence-corrected chi connectivity index (χ2v) is 6.64. The van der Waals surface area contributed by atoms with Gasteiger partial charge in [0, 0.05) is 5.54 Å². The molecule has 1 aromatic rings. The molecule has 4 nitrogen and oxygen atoms in total. The fraction of sp³-hybridized carbons (Fsp3) is 0.625. The first-order valence-corrected chi connectivity index (χ1v) is 7.19. The van der Waals surface area contributed by atoms with Crippen molar-refractivity contribution >= 4 is 0 Å². The predicted molar refractivity (Wildman–Crippen MR) is 76.9 cm³/mol. The van der Waals surface area contributed by atoms with Crippen molar-refractivity contribution in [3.63, 3.8) is 0 Å². The molecule has 4 heteroatoms. The third-order valence-electron chi connectivity index (χ3n) is 4.73. The summed E-state index contributed by atoms with van der Waals surface area (Å²) in [6.07, 6.45) is 1.63. The lowest BCUT2D eigenvalue weighted by Crippen LogP contribution is -2.59. The zero-order chi connectivity index (χ0) is 14.4. The van der Waals surface area contributed by atoms with E-state index >= 15 is 0 Å². The maximum Gasteiger partial charge on any atom is 0.162 e. The number of benzene rings is 1. The van der Waals surface area contributed by atoms with Gasteiger partial charge in [0.1, 0.15) is 0 Å². The van der Waals surface area contributed by atoms with Gasteiger partial charge in [0.25, 0.3) is 0 Å². The molecule has 0 saturated carbocycles. The van der Waals surface area contributed by atoms with E-state index in [1.54, 1.807) is 0 Å². The van der Waals surface area contributed by atoms with Crippen molar-refractivity contribution in [2.45, 2.75) is 50.5 Å². The maximum atomic E-state index is 13.0. The van der Waals surface area contributed by atoms with Crippen molar-refractivity contribution in [1.82, 2.24) is 5.06 Å². The molecular formula is C16H22NO3-. The van der Waals surface area contributed by atoms with Crippen LogP contribution >= 0.6 is 0 Å². The SMILES string of the molecule is CC1(C)OCC2(CCC(C)(c3ccccc3)N2[O-])CO1. The third-order valence-corrected chi connectivity index (χ3v) is 4.73. The van der Waals surface area contributed by atoms with Crippen LogP contribution in [0.25, 0.3) is 0 Å². The normalized spacial score (nSPS) is 32.6. The Bertz CT molecular complexity index is 478. The van der Waals surface area contributed by atoms with E-state index in [4.69, 9.17) is 9.47 Å². The lowest BCUT2D eigenvalue weighted by molar-refractivity contribution is -0.283. The monoisotopic (exact) mass is 276 g/mol. The predicted octanol–water partition coefficient (Wildman–Crippen LogP) is 3.02. The maximum absolute atomic E-state index is 13.0. The topological polar surface area (TPSA) is 44.8 Å². The van der Waals surface area contributed by atoms with Crippen LogP contribution in [0.15, 0.2) is 30.3 Å². The highest BCUT2D eigenvalue weighted by Gasteiger charge is 2.51. The summed E-state index contributed by atoms with van der Waals surface area (Å²) in [5.74, 6) is -0.585. The van der Waals surface area contributed by atoms with Crippen LogP contribution < -0.4 is 0 Å². The molecule has 2 aliphatic rings. The highest BCUT2D eigenvalue weighted by molar-refractivity contribution is 5.27. The lowest BCUT2D eigenvalue weighted by Gasteiger charge is -2.54. The van der Waals surface area contributed by atoms with Crippen molar-refractivity contribution in [3.8, 4) is 0 Å². The minimum Gasteiger partial charge on any atom is -0.784 e. The van der Waals surface area contributed by atoms with Crippen molar-refractivity contribution in [3.05, 3.63) is 41.1 Å². The summed E-state index contributed by atoms with van der Waals surface area (Å²) in [4.78, 5) is 0. The molecule has 110 valence electrons. The molecule has 1 aromatic carbocycles. The average molecular weight is 276 g/mol. The molecule has 2 saturated heterocycles. The van der Waals surface area contributed by atoms with Gasteiger partial charge in [0.2, 0.25) is 0 Å². The molecule has 0 aromatic heterocycles. The smallest absolute Gasteiger partial charge is 0.162 e. The summed E-state index contributed by atoms with van der Waals surface area (Å²) >= 11 is 0. The van der Waals surface area contributed by atoms with E-state index in [-0.39, 0.29) is 0 Å². The van der Waals surface area contributed by atoms with Crippen molar-refractivity contribution in [2.75, 3.05) is 13.2 Å². The first kappa shape index (κ1) is 14.0. The summed E-state index contributed by atoms with van der Waals surface area (Å²) in [5.41, 5.74) is 0.0342. The standard InChI is InChI=1S/C16H22NO3/c1-14(2)19-11-16(12-20-14)10-9-15(3,17(16)18)13-7-5-4-6-8-13/h4-8H,9-12H2,1-3H3/q-1. The number of ether oxygens (including phenoxy) is 2. The summed E-state index contributed by atoms with van der Waals surface area (Å²) in [6.45, 7) is 6.67. The summed E-state index contributed by atoms with van der Waals surface area (Å²) in [5, 5.41) is 14.2. The van der Waals surface area contributed by atoms with Gasteiger partial charge in [-0.25, -0.2) is 0 Å². The summed E-state index contributed by atoms with van der Waals surface area (Å²) in [6, 6.07) is 9.99. The van der Waals surface area contributed by atoms with E-state index < -0.39 is 16.9 Å². The molecular weight excluding hydrogens is 254 g/mol. The van der Waals surface area contributed by atoms with E-state index in [2.05, 4.69) is 0 Å². The first-order valence-electron chi connectivity index (χ1n) is 7.19. The Morgan fingerprint density at radius 1 is 1.00 bits per heavy atom.